The first-order chi connectivity index (χ1) is 13.0. The van der Waals surface area contributed by atoms with Crippen LogP contribution in [-0.4, -0.2) is 47.8 Å². The van der Waals surface area contributed by atoms with Crippen molar-refractivity contribution in [2.75, 3.05) is 24.5 Å². The highest BCUT2D eigenvalue weighted by molar-refractivity contribution is 5.91. The van der Waals surface area contributed by atoms with Crippen molar-refractivity contribution < 1.29 is 14.0 Å². The minimum atomic E-state index is -0.434. The fraction of sp³-hybridized carbons (Fsp3) is 0.450. The molecule has 2 aromatic rings. The number of hydrogen-bond acceptors (Lipinski definition) is 4. The minimum Gasteiger partial charge on any atom is -0.365 e. The zero-order chi connectivity index (χ0) is 19.3. The molecule has 6 nitrogen and oxygen atoms in total. The van der Waals surface area contributed by atoms with Crippen LogP contribution in [0.4, 0.5) is 10.1 Å². The molecule has 0 spiro atoms. The third-order valence-electron chi connectivity index (χ3n) is 5.73. The molecule has 1 amide bonds. The molecule has 4 rings (SSSR count). The number of rotatable bonds is 4. The van der Waals surface area contributed by atoms with Crippen LogP contribution in [0.3, 0.4) is 0 Å². The number of aldehydes is 1. The van der Waals surface area contributed by atoms with Crippen LogP contribution in [0.25, 0.3) is 10.9 Å². The van der Waals surface area contributed by atoms with E-state index in [1.807, 2.05) is 16.4 Å². The zero-order valence-corrected chi connectivity index (χ0v) is 15.4. The number of carbonyl (C=O) groups excluding carboxylic acids is 2. The molecule has 2 heterocycles. The number of pyridine rings is 1. The SMILES string of the molecule is Cc1c(F)c(N2CCN(C=O)C(C)C2)cc2c1c(=O)c(C=O)cn2C1CC1. The van der Waals surface area contributed by atoms with Crippen molar-refractivity contribution in [2.24, 2.45) is 0 Å². The fourth-order valence-electron chi connectivity index (χ4n) is 3.99. The van der Waals surface area contributed by atoms with E-state index in [4.69, 9.17) is 0 Å². The van der Waals surface area contributed by atoms with Crippen LogP contribution in [0.2, 0.25) is 0 Å². The average molecular weight is 371 g/mol. The van der Waals surface area contributed by atoms with E-state index in [0.29, 0.717) is 37.1 Å². The minimum absolute atomic E-state index is 0.0188. The largest absolute Gasteiger partial charge is 0.365 e. The Kier molecular flexibility index (Phi) is 4.25. The summed E-state index contributed by atoms with van der Waals surface area (Å²) in [5.74, 6) is -0.434. The van der Waals surface area contributed by atoms with Crippen molar-refractivity contribution in [3.63, 3.8) is 0 Å². The van der Waals surface area contributed by atoms with E-state index in [1.165, 1.54) is 0 Å². The van der Waals surface area contributed by atoms with E-state index in [9.17, 15) is 14.4 Å². The van der Waals surface area contributed by atoms with Crippen molar-refractivity contribution >= 4 is 29.3 Å². The number of aryl methyl sites for hydroxylation is 1. The second-order valence-electron chi connectivity index (χ2n) is 7.54. The summed E-state index contributed by atoms with van der Waals surface area (Å²) < 4.78 is 17.2. The van der Waals surface area contributed by atoms with E-state index in [-0.39, 0.29) is 28.6 Å². The van der Waals surface area contributed by atoms with Crippen molar-refractivity contribution in [1.29, 1.82) is 0 Å². The van der Waals surface area contributed by atoms with Gasteiger partial charge in [-0.15, -0.1) is 0 Å². The molecule has 0 bridgehead atoms. The van der Waals surface area contributed by atoms with Crippen LogP contribution in [0.1, 0.15) is 41.7 Å². The smallest absolute Gasteiger partial charge is 0.210 e. The van der Waals surface area contributed by atoms with E-state index in [0.717, 1.165) is 19.3 Å². The summed E-state index contributed by atoms with van der Waals surface area (Å²) in [5, 5.41) is 0.285. The first-order valence-electron chi connectivity index (χ1n) is 9.25. The number of piperazine rings is 1. The van der Waals surface area contributed by atoms with E-state index < -0.39 is 11.2 Å². The Morgan fingerprint density at radius 1 is 1.22 bits per heavy atom. The lowest BCUT2D eigenvalue weighted by atomic mass is 10.0. The maximum Gasteiger partial charge on any atom is 0.210 e. The molecule has 7 heteroatoms. The summed E-state index contributed by atoms with van der Waals surface area (Å²) in [5.41, 5.74) is 1.05. The van der Waals surface area contributed by atoms with Crippen LogP contribution in [-0.2, 0) is 4.79 Å². The summed E-state index contributed by atoms with van der Waals surface area (Å²) in [6.07, 6.45) is 4.94. The first-order valence-corrected chi connectivity index (χ1v) is 9.25. The van der Waals surface area contributed by atoms with Gasteiger partial charge in [-0.25, -0.2) is 4.39 Å². The first kappa shape index (κ1) is 17.7. The van der Waals surface area contributed by atoms with E-state index in [1.54, 1.807) is 24.1 Å². The Morgan fingerprint density at radius 2 is 1.96 bits per heavy atom. The van der Waals surface area contributed by atoms with Gasteiger partial charge in [0, 0.05) is 43.5 Å². The summed E-state index contributed by atoms with van der Waals surface area (Å²) in [7, 11) is 0. The van der Waals surface area contributed by atoms with Crippen LogP contribution in [0.5, 0.6) is 0 Å². The lowest BCUT2D eigenvalue weighted by Gasteiger charge is -2.39. The molecule has 1 saturated heterocycles. The molecular formula is C20H22FN3O3. The number of hydrogen-bond donors (Lipinski definition) is 0. The van der Waals surface area contributed by atoms with Gasteiger partial charge in [0.25, 0.3) is 0 Å². The van der Waals surface area contributed by atoms with Crippen LogP contribution >= 0.6 is 0 Å². The Bertz CT molecular complexity index is 996. The second kappa shape index (κ2) is 6.48. The Labute approximate surface area is 156 Å². The molecule has 1 saturated carbocycles. The number of halogens is 1. The molecule has 1 aromatic carbocycles. The van der Waals surface area contributed by atoms with E-state index in [2.05, 4.69) is 0 Å². The van der Waals surface area contributed by atoms with Crippen LogP contribution < -0.4 is 10.3 Å². The van der Waals surface area contributed by atoms with Crippen molar-refractivity contribution in [1.82, 2.24) is 9.47 Å². The average Bonchev–Trinajstić information content (AvgIpc) is 3.49. The highest BCUT2D eigenvalue weighted by Crippen LogP contribution is 2.39. The number of fused-ring (bicyclic) bond motifs is 1. The summed E-state index contributed by atoms with van der Waals surface area (Å²) in [4.78, 5) is 38.7. The number of amides is 1. The molecule has 1 aliphatic heterocycles. The normalized spacial score (nSPS) is 20.2. The van der Waals surface area contributed by atoms with Gasteiger partial charge in [0.2, 0.25) is 6.41 Å². The van der Waals surface area contributed by atoms with Crippen LogP contribution in [0.15, 0.2) is 17.1 Å². The topological polar surface area (TPSA) is 62.6 Å². The van der Waals surface area contributed by atoms with Gasteiger partial charge in [-0.1, -0.05) is 0 Å². The monoisotopic (exact) mass is 371 g/mol. The fourth-order valence-corrected chi connectivity index (χ4v) is 3.99. The van der Waals surface area contributed by atoms with Gasteiger partial charge in [-0.2, -0.15) is 0 Å². The van der Waals surface area contributed by atoms with Gasteiger partial charge in [0.1, 0.15) is 5.82 Å². The molecular weight excluding hydrogens is 349 g/mol. The quantitative estimate of drug-likeness (QED) is 0.774. The predicted octanol–water partition coefficient (Wildman–Crippen LogP) is 2.26. The van der Waals surface area contributed by atoms with Crippen molar-refractivity contribution in [2.45, 2.75) is 38.8 Å². The second-order valence-corrected chi connectivity index (χ2v) is 7.54. The lowest BCUT2D eigenvalue weighted by molar-refractivity contribution is -0.120. The summed E-state index contributed by atoms with van der Waals surface area (Å²) in [6.45, 7) is 5.12. The maximum absolute atomic E-state index is 15.2. The number of anilines is 1. The zero-order valence-electron chi connectivity index (χ0n) is 15.4. The number of carbonyl (C=O) groups is 2. The lowest BCUT2D eigenvalue weighted by Crippen LogP contribution is -2.51. The van der Waals surface area contributed by atoms with Gasteiger partial charge in [-0.3, -0.25) is 14.4 Å². The molecule has 142 valence electrons. The number of nitrogens with zero attached hydrogens (tertiary/aromatic N) is 3. The highest BCUT2D eigenvalue weighted by atomic mass is 19.1. The molecule has 27 heavy (non-hydrogen) atoms. The highest BCUT2D eigenvalue weighted by Gasteiger charge is 2.29. The number of benzene rings is 1. The molecule has 2 aliphatic rings. The van der Waals surface area contributed by atoms with Crippen molar-refractivity contribution in [3.8, 4) is 0 Å². The van der Waals surface area contributed by atoms with Crippen molar-refractivity contribution in [3.05, 3.63) is 39.4 Å². The van der Waals surface area contributed by atoms with Gasteiger partial charge in [0.15, 0.2) is 11.7 Å². The summed E-state index contributed by atoms with van der Waals surface area (Å²) >= 11 is 0. The Balaban J connectivity index is 1.90. The molecule has 1 unspecified atom stereocenters. The molecule has 2 fully saturated rings. The predicted molar refractivity (Wildman–Crippen MR) is 101 cm³/mol. The van der Waals surface area contributed by atoms with Gasteiger partial charge in [0.05, 0.1) is 22.2 Å². The third-order valence-corrected chi connectivity index (χ3v) is 5.73. The number of aromatic nitrogens is 1. The molecule has 1 atom stereocenters. The standard InChI is InChI=1S/C20H22FN3O3/c1-12-8-22(5-6-23(12)11-26)17-7-16-18(13(2)19(17)21)20(27)14(10-25)9-24(16)15-3-4-15/h7,9-12,15H,3-6,8H2,1-2H3. The van der Waals surface area contributed by atoms with Gasteiger partial charge in [-0.05, 0) is 32.8 Å². The molecule has 0 radical (unpaired) electrons. The molecule has 1 aromatic heterocycles. The molecule has 0 N–H and O–H groups in total. The van der Waals surface area contributed by atoms with E-state index >= 15 is 4.39 Å². The summed E-state index contributed by atoms with van der Waals surface area (Å²) in [6, 6.07) is 1.96. The third kappa shape index (κ3) is 2.81. The van der Waals surface area contributed by atoms with Gasteiger partial charge >= 0.3 is 0 Å². The Morgan fingerprint density at radius 3 is 2.56 bits per heavy atom. The maximum atomic E-state index is 15.2. The Hall–Kier alpha value is -2.70. The molecule has 1 aliphatic carbocycles. The van der Waals surface area contributed by atoms with Gasteiger partial charge < -0.3 is 14.4 Å². The van der Waals surface area contributed by atoms with Crippen LogP contribution in [0, 0.1) is 12.7 Å².